The fraction of sp³-hybridized carbons (Fsp3) is 0.900. The van der Waals surface area contributed by atoms with Crippen molar-refractivity contribution < 1.29 is 0 Å². The fourth-order valence-electron chi connectivity index (χ4n) is 2.66. The zero-order valence-electron chi connectivity index (χ0n) is 7.50. The van der Waals surface area contributed by atoms with Crippen molar-refractivity contribution in [3.8, 4) is 6.07 Å². The molecule has 0 radical (unpaired) electrons. The Balaban J connectivity index is 1.73. The van der Waals surface area contributed by atoms with Gasteiger partial charge < -0.3 is 4.90 Å². The van der Waals surface area contributed by atoms with Gasteiger partial charge in [0.1, 0.15) is 0 Å². The molecule has 2 rings (SSSR count). The van der Waals surface area contributed by atoms with Crippen LogP contribution in [-0.4, -0.2) is 24.0 Å². The molecule has 1 saturated heterocycles. The van der Waals surface area contributed by atoms with Gasteiger partial charge in [-0.15, -0.1) is 0 Å². The first-order chi connectivity index (χ1) is 5.90. The molecule has 2 heteroatoms. The first-order valence-corrected chi connectivity index (χ1v) is 5.01. The van der Waals surface area contributed by atoms with E-state index in [0.29, 0.717) is 0 Å². The fourth-order valence-corrected chi connectivity index (χ4v) is 2.66. The lowest BCUT2D eigenvalue weighted by Crippen LogP contribution is -2.32. The number of nitrogens with zero attached hydrogens (tertiary/aromatic N) is 2. The van der Waals surface area contributed by atoms with Gasteiger partial charge in [-0.2, -0.15) is 5.26 Å². The Hall–Kier alpha value is -0.550. The standard InChI is InChI=1S/C10H16N2/c11-5-1-2-6-12-8-9-3-4-10(12)7-9/h9-10H,1-4,6-8H2. The molecule has 1 aliphatic carbocycles. The molecule has 1 aliphatic heterocycles. The van der Waals surface area contributed by atoms with Crippen LogP contribution in [0, 0.1) is 17.2 Å². The molecule has 66 valence electrons. The SMILES string of the molecule is N#CCCCN1CC2CCC1C2. The lowest BCUT2D eigenvalue weighted by atomic mass is 10.1. The summed E-state index contributed by atoms with van der Waals surface area (Å²) in [4.78, 5) is 2.59. The Kier molecular flexibility index (Phi) is 2.32. The monoisotopic (exact) mass is 164 g/mol. The van der Waals surface area contributed by atoms with Gasteiger partial charge in [-0.3, -0.25) is 0 Å². The third kappa shape index (κ3) is 1.47. The molecule has 0 N–H and O–H groups in total. The van der Waals surface area contributed by atoms with E-state index in [-0.39, 0.29) is 0 Å². The van der Waals surface area contributed by atoms with Gasteiger partial charge in [0.2, 0.25) is 0 Å². The number of fused-ring (bicyclic) bond motifs is 2. The second kappa shape index (κ2) is 3.45. The lowest BCUT2D eigenvalue weighted by molar-refractivity contribution is 0.212. The second-order valence-corrected chi connectivity index (χ2v) is 4.09. The third-order valence-corrected chi connectivity index (χ3v) is 3.26. The van der Waals surface area contributed by atoms with Crippen LogP contribution in [-0.2, 0) is 0 Å². The van der Waals surface area contributed by atoms with E-state index in [1.54, 1.807) is 0 Å². The minimum Gasteiger partial charge on any atom is -0.300 e. The number of nitriles is 1. The van der Waals surface area contributed by atoms with Gasteiger partial charge >= 0.3 is 0 Å². The second-order valence-electron chi connectivity index (χ2n) is 4.09. The molecule has 2 unspecified atom stereocenters. The van der Waals surface area contributed by atoms with Crippen LogP contribution in [0.2, 0.25) is 0 Å². The Morgan fingerprint density at radius 2 is 2.33 bits per heavy atom. The van der Waals surface area contributed by atoms with Crippen molar-refractivity contribution >= 4 is 0 Å². The van der Waals surface area contributed by atoms with Crippen molar-refractivity contribution in [3.63, 3.8) is 0 Å². The van der Waals surface area contributed by atoms with E-state index in [4.69, 9.17) is 5.26 Å². The van der Waals surface area contributed by atoms with Crippen LogP contribution in [0.15, 0.2) is 0 Å². The quantitative estimate of drug-likeness (QED) is 0.594. The van der Waals surface area contributed by atoms with Crippen LogP contribution < -0.4 is 0 Å². The van der Waals surface area contributed by atoms with Gasteiger partial charge in [0, 0.05) is 19.0 Å². The molecule has 0 amide bonds. The maximum atomic E-state index is 8.40. The van der Waals surface area contributed by atoms with Crippen molar-refractivity contribution in [1.82, 2.24) is 4.90 Å². The number of likely N-dealkylation sites (tertiary alicyclic amines) is 1. The molecule has 12 heavy (non-hydrogen) atoms. The molecule has 0 aromatic heterocycles. The van der Waals surface area contributed by atoms with E-state index < -0.39 is 0 Å². The molecule has 2 fully saturated rings. The molecule has 2 bridgehead atoms. The van der Waals surface area contributed by atoms with E-state index in [1.807, 2.05) is 0 Å². The molecule has 2 nitrogen and oxygen atoms in total. The Morgan fingerprint density at radius 3 is 2.92 bits per heavy atom. The van der Waals surface area contributed by atoms with Crippen LogP contribution in [0.1, 0.15) is 32.1 Å². The first kappa shape index (κ1) is 8.07. The summed E-state index contributed by atoms with van der Waals surface area (Å²) in [6.07, 6.45) is 6.11. The highest BCUT2D eigenvalue weighted by atomic mass is 15.2. The van der Waals surface area contributed by atoms with Crippen molar-refractivity contribution in [2.45, 2.75) is 38.1 Å². The molecular formula is C10H16N2. The van der Waals surface area contributed by atoms with Gasteiger partial charge in [-0.25, -0.2) is 0 Å². The molecule has 0 spiro atoms. The summed E-state index contributed by atoms with van der Waals surface area (Å²) < 4.78 is 0. The number of hydrogen-bond donors (Lipinski definition) is 0. The maximum absolute atomic E-state index is 8.40. The van der Waals surface area contributed by atoms with Gasteiger partial charge in [0.15, 0.2) is 0 Å². The summed E-state index contributed by atoms with van der Waals surface area (Å²) in [5, 5.41) is 8.40. The molecule has 1 heterocycles. The number of unbranched alkanes of at least 4 members (excludes halogenated alkanes) is 1. The zero-order chi connectivity index (χ0) is 8.39. The number of rotatable bonds is 3. The number of hydrogen-bond acceptors (Lipinski definition) is 2. The van der Waals surface area contributed by atoms with E-state index in [2.05, 4.69) is 11.0 Å². The molecule has 2 aliphatic rings. The van der Waals surface area contributed by atoms with E-state index in [0.717, 1.165) is 31.3 Å². The van der Waals surface area contributed by atoms with E-state index >= 15 is 0 Å². The highest BCUT2D eigenvalue weighted by molar-refractivity contribution is 4.92. The largest absolute Gasteiger partial charge is 0.300 e. The normalized spacial score (nSPS) is 33.9. The molecular weight excluding hydrogens is 148 g/mol. The minimum atomic E-state index is 0.730. The minimum absolute atomic E-state index is 0.730. The predicted octanol–water partition coefficient (Wildman–Crippen LogP) is 1.77. The average Bonchev–Trinajstić information content (AvgIpc) is 2.65. The highest BCUT2D eigenvalue weighted by Gasteiger charge is 2.36. The maximum Gasteiger partial charge on any atom is 0.0622 e. The van der Waals surface area contributed by atoms with Crippen molar-refractivity contribution in [1.29, 1.82) is 5.26 Å². The van der Waals surface area contributed by atoms with Crippen LogP contribution in [0.25, 0.3) is 0 Å². The van der Waals surface area contributed by atoms with E-state index in [9.17, 15) is 0 Å². The van der Waals surface area contributed by atoms with Crippen LogP contribution in [0.5, 0.6) is 0 Å². The van der Waals surface area contributed by atoms with Crippen LogP contribution in [0.3, 0.4) is 0 Å². The zero-order valence-corrected chi connectivity index (χ0v) is 7.50. The average molecular weight is 164 g/mol. The van der Waals surface area contributed by atoms with Gasteiger partial charge in [-0.05, 0) is 38.1 Å². The van der Waals surface area contributed by atoms with Crippen LogP contribution in [0.4, 0.5) is 0 Å². The Labute approximate surface area is 74.2 Å². The van der Waals surface area contributed by atoms with Gasteiger partial charge in [0.05, 0.1) is 6.07 Å². The predicted molar refractivity (Wildman–Crippen MR) is 47.5 cm³/mol. The highest BCUT2D eigenvalue weighted by Crippen LogP contribution is 2.37. The van der Waals surface area contributed by atoms with Crippen LogP contribution >= 0.6 is 0 Å². The summed E-state index contributed by atoms with van der Waals surface area (Å²) in [6.45, 7) is 2.48. The Morgan fingerprint density at radius 1 is 1.42 bits per heavy atom. The summed E-state index contributed by atoms with van der Waals surface area (Å²) in [6, 6.07) is 3.09. The summed E-state index contributed by atoms with van der Waals surface area (Å²) >= 11 is 0. The lowest BCUT2D eigenvalue weighted by Gasteiger charge is -2.26. The third-order valence-electron chi connectivity index (χ3n) is 3.26. The van der Waals surface area contributed by atoms with Gasteiger partial charge in [-0.1, -0.05) is 0 Å². The van der Waals surface area contributed by atoms with E-state index in [1.165, 1.54) is 25.8 Å². The summed E-state index contributed by atoms with van der Waals surface area (Å²) in [5.74, 6) is 0.997. The van der Waals surface area contributed by atoms with Crippen molar-refractivity contribution in [2.75, 3.05) is 13.1 Å². The molecule has 0 aromatic carbocycles. The Bertz CT molecular complexity index is 195. The van der Waals surface area contributed by atoms with Crippen molar-refractivity contribution in [3.05, 3.63) is 0 Å². The smallest absolute Gasteiger partial charge is 0.0622 e. The first-order valence-electron chi connectivity index (χ1n) is 5.01. The molecule has 2 atom stereocenters. The van der Waals surface area contributed by atoms with Crippen molar-refractivity contribution in [2.24, 2.45) is 5.92 Å². The summed E-state index contributed by atoms with van der Waals surface area (Å²) in [5.41, 5.74) is 0. The number of piperidine rings is 1. The summed E-state index contributed by atoms with van der Waals surface area (Å²) in [7, 11) is 0. The topological polar surface area (TPSA) is 27.0 Å². The molecule has 1 saturated carbocycles. The van der Waals surface area contributed by atoms with Gasteiger partial charge in [0.25, 0.3) is 0 Å². The molecule has 0 aromatic rings.